The summed E-state index contributed by atoms with van der Waals surface area (Å²) in [5.74, 6) is -1.26. The van der Waals surface area contributed by atoms with E-state index in [-0.39, 0.29) is 5.46 Å². The molecule has 5 heteroatoms. The second kappa shape index (κ2) is 3.78. The van der Waals surface area contributed by atoms with E-state index in [9.17, 15) is 8.78 Å². The van der Waals surface area contributed by atoms with Crippen LogP contribution in [0, 0.1) is 11.6 Å². The molecule has 1 heterocycles. The molecule has 0 spiro atoms. The average molecular weight is 240 g/mol. The molecular weight excluding hydrogens is 225 g/mol. The Morgan fingerprint density at radius 3 is 2.00 bits per heavy atom. The van der Waals surface area contributed by atoms with Crippen LogP contribution in [-0.4, -0.2) is 18.3 Å². The lowest BCUT2D eigenvalue weighted by atomic mass is 9.79. The van der Waals surface area contributed by atoms with Crippen molar-refractivity contribution in [3.05, 3.63) is 29.8 Å². The summed E-state index contributed by atoms with van der Waals surface area (Å²) in [4.78, 5) is 0. The first kappa shape index (κ1) is 12.5. The zero-order chi connectivity index (χ0) is 12.8. The highest BCUT2D eigenvalue weighted by atomic mass is 19.1. The first-order valence-electron chi connectivity index (χ1n) is 5.53. The highest BCUT2D eigenvalue weighted by Crippen LogP contribution is 2.36. The van der Waals surface area contributed by atoms with E-state index >= 15 is 0 Å². The molecule has 0 bridgehead atoms. The smallest absolute Gasteiger partial charge is 0.399 e. The molecule has 1 aliphatic heterocycles. The molecular formula is C12H15BF2O2. The van der Waals surface area contributed by atoms with Gasteiger partial charge >= 0.3 is 7.12 Å². The van der Waals surface area contributed by atoms with Crippen molar-refractivity contribution in [2.45, 2.75) is 38.9 Å². The molecule has 0 N–H and O–H groups in total. The monoisotopic (exact) mass is 240 g/mol. The lowest BCUT2D eigenvalue weighted by Crippen LogP contribution is -2.41. The number of halogens is 2. The molecule has 0 saturated carbocycles. The van der Waals surface area contributed by atoms with Crippen LogP contribution in [0.5, 0.6) is 0 Å². The summed E-state index contributed by atoms with van der Waals surface area (Å²) in [5.41, 5.74) is -0.832. The van der Waals surface area contributed by atoms with E-state index in [2.05, 4.69) is 0 Å². The topological polar surface area (TPSA) is 18.5 Å². The van der Waals surface area contributed by atoms with Gasteiger partial charge in [0.25, 0.3) is 0 Å². The van der Waals surface area contributed by atoms with Gasteiger partial charge in [0.1, 0.15) is 11.6 Å². The van der Waals surface area contributed by atoms with Crippen LogP contribution in [0.4, 0.5) is 8.78 Å². The summed E-state index contributed by atoms with van der Waals surface area (Å²) >= 11 is 0. The molecule has 2 nitrogen and oxygen atoms in total. The largest absolute Gasteiger partial charge is 0.497 e. The second-order valence-electron chi connectivity index (χ2n) is 5.25. The lowest BCUT2D eigenvalue weighted by molar-refractivity contribution is 0.00578. The van der Waals surface area contributed by atoms with E-state index in [4.69, 9.17) is 9.31 Å². The van der Waals surface area contributed by atoms with Crippen LogP contribution >= 0.6 is 0 Å². The molecule has 2 rings (SSSR count). The summed E-state index contributed by atoms with van der Waals surface area (Å²) in [6.07, 6.45) is 0. The van der Waals surface area contributed by atoms with Gasteiger partial charge in [0.05, 0.1) is 11.2 Å². The molecule has 1 fully saturated rings. The zero-order valence-electron chi connectivity index (χ0n) is 10.4. The predicted octanol–water partition coefficient (Wildman–Crippen LogP) is 2.26. The zero-order valence-corrected chi connectivity index (χ0v) is 10.4. The number of hydrogen-bond acceptors (Lipinski definition) is 2. The fourth-order valence-electron chi connectivity index (χ4n) is 1.66. The van der Waals surface area contributed by atoms with E-state index in [0.717, 1.165) is 6.07 Å². The van der Waals surface area contributed by atoms with Gasteiger partial charge in [-0.25, -0.2) is 8.78 Å². The van der Waals surface area contributed by atoms with Crippen molar-refractivity contribution in [3.63, 3.8) is 0 Å². The highest BCUT2D eigenvalue weighted by Gasteiger charge is 2.52. The van der Waals surface area contributed by atoms with Crippen molar-refractivity contribution < 1.29 is 18.1 Å². The fraction of sp³-hybridized carbons (Fsp3) is 0.500. The Hall–Kier alpha value is -0.935. The van der Waals surface area contributed by atoms with E-state index in [1.807, 2.05) is 27.7 Å². The number of benzene rings is 1. The van der Waals surface area contributed by atoms with E-state index in [1.54, 1.807) is 0 Å². The second-order valence-corrected chi connectivity index (χ2v) is 5.25. The average Bonchev–Trinajstić information content (AvgIpc) is 2.35. The Kier molecular flexibility index (Phi) is 2.79. The third-order valence-corrected chi connectivity index (χ3v) is 3.47. The number of rotatable bonds is 1. The van der Waals surface area contributed by atoms with E-state index in [0.29, 0.717) is 0 Å². The normalized spacial score (nSPS) is 21.9. The van der Waals surface area contributed by atoms with Crippen molar-refractivity contribution in [2.24, 2.45) is 0 Å². The Balaban J connectivity index is 2.32. The molecule has 17 heavy (non-hydrogen) atoms. The maximum absolute atomic E-state index is 13.6. The molecule has 0 atom stereocenters. The van der Waals surface area contributed by atoms with Gasteiger partial charge in [0.2, 0.25) is 0 Å². The third-order valence-electron chi connectivity index (χ3n) is 3.47. The summed E-state index contributed by atoms with van der Waals surface area (Å²) < 4.78 is 37.8. The van der Waals surface area contributed by atoms with Crippen LogP contribution in [0.3, 0.4) is 0 Å². The third kappa shape index (κ3) is 2.09. The first-order valence-corrected chi connectivity index (χ1v) is 5.53. The quantitative estimate of drug-likeness (QED) is 0.701. The van der Waals surface area contributed by atoms with Gasteiger partial charge in [-0.2, -0.15) is 0 Å². The molecule has 0 aliphatic carbocycles. The van der Waals surface area contributed by atoms with E-state index in [1.165, 1.54) is 12.1 Å². The van der Waals surface area contributed by atoms with Crippen molar-refractivity contribution >= 4 is 12.6 Å². The minimum atomic E-state index is -0.791. The summed E-state index contributed by atoms with van der Waals surface area (Å²) in [5, 5.41) is 0. The summed E-state index contributed by atoms with van der Waals surface area (Å²) in [6.45, 7) is 7.53. The molecule has 1 aromatic rings. The van der Waals surface area contributed by atoms with Gasteiger partial charge in [-0.3, -0.25) is 0 Å². The summed E-state index contributed by atoms with van der Waals surface area (Å²) in [7, 11) is -0.791. The van der Waals surface area contributed by atoms with E-state index < -0.39 is 30.0 Å². The van der Waals surface area contributed by atoms with Crippen LogP contribution in [0.2, 0.25) is 0 Å². The van der Waals surface area contributed by atoms with Crippen LogP contribution < -0.4 is 5.46 Å². The van der Waals surface area contributed by atoms with Crippen molar-refractivity contribution in [1.29, 1.82) is 0 Å². The minimum Gasteiger partial charge on any atom is -0.399 e. The van der Waals surface area contributed by atoms with Crippen LogP contribution in [0.15, 0.2) is 18.2 Å². The SMILES string of the molecule is CC1(C)OB(c2ccc(F)cc2F)OC1(C)C. The Morgan fingerprint density at radius 2 is 1.53 bits per heavy atom. The Labute approximate surface area is 100 Å². The highest BCUT2D eigenvalue weighted by molar-refractivity contribution is 6.62. The van der Waals surface area contributed by atoms with Crippen LogP contribution in [-0.2, 0) is 9.31 Å². The lowest BCUT2D eigenvalue weighted by Gasteiger charge is -2.32. The van der Waals surface area contributed by atoms with Crippen molar-refractivity contribution in [3.8, 4) is 0 Å². The molecule has 0 unspecified atom stereocenters. The van der Waals surface area contributed by atoms with Gasteiger partial charge in [-0.15, -0.1) is 0 Å². The van der Waals surface area contributed by atoms with Crippen LogP contribution in [0.25, 0.3) is 0 Å². The minimum absolute atomic E-state index is 0.227. The van der Waals surface area contributed by atoms with Crippen LogP contribution in [0.1, 0.15) is 27.7 Å². The maximum Gasteiger partial charge on any atom is 0.497 e. The van der Waals surface area contributed by atoms with Crippen molar-refractivity contribution in [1.82, 2.24) is 0 Å². The van der Waals surface area contributed by atoms with Gasteiger partial charge < -0.3 is 9.31 Å². The molecule has 0 amide bonds. The molecule has 0 aromatic heterocycles. The predicted molar refractivity (Wildman–Crippen MR) is 62.1 cm³/mol. The molecule has 1 aromatic carbocycles. The maximum atomic E-state index is 13.6. The Bertz CT molecular complexity index is 430. The molecule has 92 valence electrons. The molecule has 0 radical (unpaired) electrons. The van der Waals surface area contributed by atoms with Crippen molar-refractivity contribution in [2.75, 3.05) is 0 Å². The molecule has 1 saturated heterocycles. The van der Waals surface area contributed by atoms with Gasteiger partial charge in [0.15, 0.2) is 0 Å². The van der Waals surface area contributed by atoms with Gasteiger partial charge in [-0.05, 0) is 33.8 Å². The molecule has 1 aliphatic rings. The summed E-state index contributed by atoms with van der Waals surface area (Å²) in [6, 6.07) is 3.39. The standard InChI is InChI=1S/C12H15BF2O2/c1-11(2)12(3,4)17-13(16-11)9-6-5-8(14)7-10(9)15/h5-7H,1-4H3. The van der Waals surface area contributed by atoms with Gasteiger partial charge in [0, 0.05) is 11.5 Å². The number of hydrogen-bond donors (Lipinski definition) is 0. The first-order chi connectivity index (χ1) is 7.73. The van der Waals surface area contributed by atoms with Gasteiger partial charge in [-0.1, -0.05) is 6.07 Å². The fourth-order valence-corrected chi connectivity index (χ4v) is 1.66. The Morgan fingerprint density at radius 1 is 1.00 bits per heavy atom.